The van der Waals surface area contributed by atoms with Gasteiger partial charge >= 0.3 is 5.69 Å². The molecule has 0 amide bonds. The van der Waals surface area contributed by atoms with Crippen LogP contribution in [0.2, 0.25) is 0 Å². The van der Waals surface area contributed by atoms with Gasteiger partial charge < -0.3 is 0 Å². The largest absolute Gasteiger partial charge is 0.336 e. The number of nitrogens with zero attached hydrogens (tertiary/aromatic N) is 5. The van der Waals surface area contributed by atoms with E-state index in [4.69, 9.17) is 0 Å². The van der Waals surface area contributed by atoms with Gasteiger partial charge in [-0.2, -0.15) is 0 Å². The Morgan fingerprint density at radius 3 is 2.40 bits per heavy atom. The highest BCUT2D eigenvalue weighted by Crippen LogP contribution is 2.29. The maximum atomic E-state index is 13.2. The lowest BCUT2D eigenvalue weighted by Gasteiger charge is -2.10. The number of tetrazole rings is 1. The highest BCUT2D eigenvalue weighted by atomic mass is 16.2. The number of rotatable bonds is 10. The average Bonchev–Trinajstić information content (AvgIpc) is 3.51. The van der Waals surface area contributed by atoms with E-state index in [0.29, 0.717) is 30.6 Å². The van der Waals surface area contributed by atoms with Gasteiger partial charge in [-0.3, -0.25) is 14.2 Å². The predicted molar refractivity (Wildman–Crippen MR) is 132 cm³/mol. The molecule has 0 saturated carbocycles. The van der Waals surface area contributed by atoms with Gasteiger partial charge in [0.05, 0.1) is 12.2 Å². The van der Waals surface area contributed by atoms with Gasteiger partial charge in [-0.15, -0.1) is 5.10 Å². The zero-order valence-corrected chi connectivity index (χ0v) is 19.9. The normalized spacial score (nSPS) is 11.0. The monoisotopic (exact) mass is 472 g/mol. The minimum absolute atomic E-state index is 0.171. The van der Waals surface area contributed by atoms with E-state index in [1.165, 1.54) is 0 Å². The Morgan fingerprint density at radius 2 is 1.77 bits per heavy atom. The number of hydrogen-bond donors (Lipinski definition) is 1. The number of benzene rings is 2. The number of carbonyl (C=O) groups excluding carboxylic acids is 2. The Hall–Kier alpha value is -4.14. The quantitative estimate of drug-likeness (QED) is 0.347. The molecule has 9 nitrogen and oxygen atoms in total. The molecule has 2 aromatic carbocycles. The van der Waals surface area contributed by atoms with Crippen LogP contribution in [-0.2, 0) is 13.0 Å². The Kier molecular flexibility index (Phi) is 7.45. The van der Waals surface area contributed by atoms with Crippen LogP contribution in [0.15, 0.2) is 53.3 Å². The molecule has 0 aliphatic rings. The fraction of sp³-hybridized carbons (Fsp3) is 0.308. The second-order valence-electron chi connectivity index (χ2n) is 8.39. The molecule has 2 heterocycles. The van der Waals surface area contributed by atoms with Crippen LogP contribution in [0, 0.1) is 0 Å². The van der Waals surface area contributed by atoms with Crippen LogP contribution >= 0.6 is 0 Å². The summed E-state index contributed by atoms with van der Waals surface area (Å²) in [7, 11) is 0. The van der Waals surface area contributed by atoms with Gasteiger partial charge in [0.25, 0.3) is 0 Å². The van der Waals surface area contributed by atoms with Gasteiger partial charge in [-0.1, -0.05) is 75.2 Å². The van der Waals surface area contributed by atoms with E-state index < -0.39 is 5.69 Å². The van der Waals surface area contributed by atoms with Gasteiger partial charge in [0, 0.05) is 12.0 Å². The Balaban J connectivity index is 1.68. The highest BCUT2D eigenvalue weighted by molar-refractivity contribution is 5.87. The molecule has 0 radical (unpaired) electrons. The number of H-pyrrole nitrogens is 1. The zero-order chi connectivity index (χ0) is 24.8. The molecule has 9 heteroatoms. The molecule has 0 saturated heterocycles. The second-order valence-corrected chi connectivity index (χ2v) is 8.39. The van der Waals surface area contributed by atoms with Crippen molar-refractivity contribution in [1.82, 2.24) is 29.8 Å². The first-order valence-electron chi connectivity index (χ1n) is 11.8. The van der Waals surface area contributed by atoms with Crippen molar-refractivity contribution in [3.05, 3.63) is 76.0 Å². The van der Waals surface area contributed by atoms with Crippen molar-refractivity contribution in [3.8, 4) is 22.5 Å². The molecule has 0 aliphatic heterocycles. The van der Waals surface area contributed by atoms with E-state index in [1.807, 2.05) is 62.4 Å². The number of aldehydes is 1. The van der Waals surface area contributed by atoms with Crippen molar-refractivity contribution in [2.45, 2.75) is 52.5 Å². The molecule has 2 aromatic heterocycles. The summed E-state index contributed by atoms with van der Waals surface area (Å²) < 4.78 is 2.61. The van der Waals surface area contributed by atoms with E-state index >= 15 is 0 Å². The lowest BCUT2D eigenvalue weighted by Crippen LogP contribution is -2.30. The second kappa shape index (κ2) is 10.9. The molecular weight excluding hydrogens is 444 g/mol. The summed E-state index contributed by atoms with van der Waals surface area (Å²) >= 11 is 0. The first-order valence-corrected chi connectivity index (χ1v) is 11.8. The SMILES string of the molecule is CCCCC(=O)n1c(C=O)c(CCC)n(Cc2ccc(-c3ccccc3-c3nnn[nH]3)cc2)c1=O. The number of aromatic nitrogens is 6. The summed E-state index contributed by atoms with van der Waals surface area (Å²) in [5, 5.41) is 14.2. The molecular formula is C26H28N6O3. The maximum absolute atomic E-state index is 13.2. The standard InChI is InChI=1S/C26H28N6O3/c1-3-5-11-24(34)32-23(17-33)22(8-4-2)31(26(32)35)16-18-12-14-19(15-13-18)20-9-6-7-10-21(20)25-27-29-30-28-25/h6-7,9-10,12-15,17H,3-5,8,11,16H2,1-2H3,(H,27,28,29,30). The van der Waals surface area contributed by atoms with Crippen molar-refractivity contribution < 1.29 is 9.59 Å². The Bertz CT molecular complexity index is 1370. The summed E-state index contributed by atoms with van der Waals surface area (Å²) in [6, 6.07) is 15.7. The Labute approximate surface area is 202 Å². The molecule has 0 unspecified atom stereocenters. The lowest BCUT2D eigenvalue weighted by atomic mass is 9.98. The topological polar surface area (TPSA) is 116 Å². The first-order chi connectivity index (χ1) is 17.1. The van der Waals surface area contributed by atoms with Gasteiger partial charge in [-0.05, 0) is 40.0 Å². The molecule has 4 rings (SSSR count). The summed E-state index contributed by atoms with van der Waals surface area (Å²) in [6.07, 6.45) is 3.66. The molecule has 1 N–H and O–H groups in total. The third kappa shape index (κ3) is 4.89. The fourth-order valence-corrected chi connectivity index (χ4v) is 4.26. The van der Waals surface area contributed by atoms with E-state index in [1.54, 1.807) is 4.57 Å². The van der Waals surface area contributed by atoms with Crippen LogP contribution in [0.25, 0.3) is 22.5 Å². The zero-order valence-electron chi connectivity index (χ0n) is 19.9. The van der Waals surface area contributed by atoms with Crippen LogP contribution in [0.4, 0.5) is 0 Å². The summed E-state index contributed by atoms with van der Waals surface area (Å²) in [5.41, 5.74) is 4.03. The van der Waals surface area contributed by atoms with E-state index in [-0.39, 0.29) is 24.6 Å². The summed E-state index contributed by atoms with van der Waals surface area (Å²) in [4.78, 5) is 37.9. The van der Waals surface area contributed by atoms with Crippen LogP contribution < -0.4 is 5.69 Å². The van der Waals surface area contributed by atoms with Gasteiger partial charge in [-0.25, -0.2) is 14.5 Å². The predicted octanol–water partition coefficient (Wildman–Crippen LogP) is 4.14. The molecule has 4 aromatic rings. The smallest absolute Gasteiger partial charge is 0.296 e. The van der Waals surface area contributed by atoms with Crippen LogP contribution in [0.1, 0.15) is 66.1 Å². The number of carbonyl (C=O) groups is 2. The van der Waals surface area contributed by atoms with Crippen molar-refractivity contribution in [2.75, 3.05) is 0 Å². The molecule has 180 valence electrons. The minimum atomic E-state index is -0.455. The van der Waals surface area contributed by atoms with Gasteiger partial charge in [0.1, 0.15) is 5.69 Å². The van der Waals surface area contributed by atoms with Crippen molar-refractivity contribution >= 4 is 12.2 Å². The van der Waals surface area contributed by atoms with Crippen LogP contribution in [0.3, 0.4) is 0 Å². The summed E-state index contributed by atoms with van der Waals surface area (Å²) in [6.45, 7) is 4.24. The molecule has 0 aliphatic carbocycles. The van der Waals surface area contributed by atoms with E-state index in [2.05, 4.69) is 20.6 Å². The molecule has 0 atom stereocenters. The number of nitrogens with one attached hydrogen (secondary N) is 1. The van der Waals surface area contributed by atoms with Crippen molar-refractivity contribution in [3.63, 3.8) is 0 Å². The maximum Gasteiger partial charge on any atom is 0.336 e. The summed E-state index contributed by atoms with van der Waals surface area (Å²) in [5.74, 6) is 0.250. The Morgan fingerprint density at radius 1 is 1.03 bits per heavy atom. The molecule has 0 bridgehead atoms. The van der Waals surface area contributed by atoms with Gasteiger partial charge in [0.2, 0.25) is 5.91 Å². The average molecular weight is 473 g/mol. The number of imidazole rings is 1. The van der Waals surface area contributed by atoms with Gasteiger partial charge in [0.15, 0.2) is 12.1 Å². The minimum Gasteiger partial charge on any atom is -0.296 e. The van der Waals surface area contributed by atoms with Crippen LogP contribution in [0.5, 0.6) is 0 Å². The highest BCUT2D eigenvalue weighted by Gasteiger charge is 2.23. The third-order valence-electron chi connectivity index (χ3n) is 6.01. The van der Waals surface area contributed by atoms with Crippen molar-refractivity contribution in [1.29, 1.82) is 0 Å². The number of unbranched alkanes of at least 4 members (excludes halogenated alkanes) is 1. The fourth-order valence-electron chi connectivity index (χ4n) is 4.26. The number of aromatic amines is 1. The molecule has 0 spiro atoms. The lowest BCUT2D eigenvalue weighted by molar-refractivity contribution is 0.0884. The molecule has 35 heavy (non-hydrogen) atoms. The molecule has 0 fully saturated rings. The van der Waals surface area contributed by atoms with Crippen LogP contribution in [-0.4, -0.2) is 42.0 Å². The third-order valence-corrected chi connectivity index (χ3v) is 6.01. The van der Waals surface area contributed by atoms with Crippen molar-refractivity contribution in [2.24, 2.45) is 0 Å². The number of hydrogen-bond acceptors (Lipinski definition) is 6. The van der Waals surface area contributed by atoms with E-state index in [9.17, 15) is 14.4 Å². The van der Waals surface area contributed by atoms with E-state index in [0.717, 1.165) is 39.7 Å². The first kappa shape index (κ1) is 24.0.